The van der Waals surface area contributed by atoms with Gasteiger partial charge in [0.05, 0.1) is 0 Å². The van der Waals surface area contributed by atoms with Crippen LogP contribution in [0.2, 0.25) is 0 Å². The summed E-state index contributed by atoms with van der Waals surface area (Å²) in [6, 6.07) is 0. The molecule has 0 rings (SSSR count). The molecular weight excluding hydrogens is 122 g/mol. The fourth-order valence-electron chi connectivity index (χ4n) is 0.197. The van der Waals surface area contributed by atoms with E-state index in [1.807, 2.05) is 0 Å². The number of alkyl halides is 1. The molecule has 0 saturated carbocycles. The summed E-state index contributed by atoms with van der Waals surface area (Å²) in [4.78, 5) is 0. The average molecular weight is 131 g/mol. The van der Waals surface area contributed by atoms with Crippen LogP contribution >= 0.6 is 11.6 Å². The number of hydrogen-bond acceptors (Lipinski definition) is 1. The van der Waals surface area contributed by atoms with Gasteiger partial charge in [-0.3, -0.25) is 0 Å². The van der Waals surface area contributed by atoms with E-state index in [4.69, 9.17) is 11.6 Å². The fraction of sp³-hybridized carbons (Fsp3) is 1.00. The molecule has 0 atom stereocenters. The Morgan fingerprint density at radius 3 is 2.00 bits per heavy atom. The zero-order valence-electron chi connectivity index (χ0n) is 4.61. The van der Waals surface area contributed by atoms with Gasteiger partial charge in [0, 0.05) is 5.88 Å². The monoisotopic (exact) mass is 130 g/mol. The maximum atomic E-state index is 9.63. The Hall–Kier alpha value is 1.25. The van der Waals surface area contributed by atoms with Gasteiger partial charge in [0.25, 0.3) is 0 Å². The van der Waals surface area contributed by atoms with E-state index < -0.39 is 0 Å². The summed E-state index contributed by atoms with van der Waals surface area (Å²) in [6.07, 6.45) is 1.59. The maximum absolute atomic E-state index is 9.63. The molecule has 0 heterocycles. The molecule has 0 radical (unpaired) electrons. The second-order valence-corrected chi connectivity index (χ2v) is 1.48. The van der Waals surface area contributed by atoms with Crippen LogP contribution in [-0.4, -0.2) is 12.5 Å². The van der Waals surface area contributed by atoms with Crippen LogP contribution in [-0.2, 0) is 0 Å². The van der Waals surface area contributed by atoms with Gasteiger partial charge < -0.3 is 5.11 Å². The van der Waals surface area contributed by atoms with Crippen molar-refractivity contribution in [3.63, 3.8) is 0 Å². The Labute approximate surface area is 71.3 Å². The van der Waals surface area contributed by atoms with Crippen molar-refractivity contribution in [1.29, 1.82) is 0 Å². The molecule has 0 aromatic heterocycles. The van der Waals surface area contributed by atoms with Crippen molar-refractivity contribution in [2.75, 3.05) is 12.5 Å². The first-order valence-corrected chi connectivity index (χ1v) is 2.59. The topological polar surface area (TPSA) is 23.1 Å². The number of unbranched alkanes of at least 4 members (excludes halogenated alkanes) is 1. The standard InChI is InChI=1S/C4H8ClO.Na/c5-3-1-2-4-6;/h1-4H2;/q-1;+1. The van der Waals surface area contributed by atoms with Crippen LogP contribution in [0.25, 0.3) is 0 Å². The Balaban J connectivity index is 0. The van der Waals surface area contributed by atoms with Gasteiger partial charge in [-0.25, -0.2) is 0 Å². The summed E-state index contributed by atoms with van der Waals surface area (Å²) >= 11 is 5.24. The maximum Gasteiger partial charge on any atom is 1.00 e. The molecule has 0 spiro atoms. The third-order valence-electron chi connectivity index (χ3n) is 0.528. The van der Waals surface area contributed by atoms with Crippen molar-refractivity contribution in [3.05, 3.63) is 0 Å². The van der Waals surface area contributed by atoms with Gasteiger partial charge in [0.2, 0.25) is 0 Å². The summed E-state index contributed by atoms with van der Waals surface area (Å²) in [7, 11) is 0. The number of hydrogen-bond donors (Lipinski definition) is 0. The molecule has 0 bridgehead atoms. The number of rotatable bonds is 3. The van der Waals surface area contributed by atoms with Gasteiger partial charge in [-0.05, 0) is 6.42 Å². The molecule has 0 amide bonds. The molecule has 0 saturated heterocycles. The van der Waals surface area contributed by atoms with Crippen LogP contribution in [0.4, 0.5) is 0 Å². The minimum absolute atomic E-state index is 0. The van der Waals surface area contributed by atoms with Crippen LogP contribution in [0.3, 0.4) is 0 Å². The van der Waals surface area contributed by atoms with E-state index in [0.717, 1.165) is 12.8 Å². The van der Waals surface area contributed by atoms with E-state index >= 15 is 0 Å². The van der Waals surface area contributed by atoms with E-state index in [2.05, 4.69) is 0 Å². The van der Waals surface area contributed by atoms with Gasteiger partial charge in [0.15, 0.2) is 0 Å². The summed E-state index contributed by atoms with van der Waals surface area (Å²) in [5, 5.41) is 9.63. The molecule has 0 aliphatic heterocycles. The summed E-state index contributed by atoms with van der Waals surface area (Å²) in [5.41, 5.74) is 0. The average Bonchev–Trinajstić information content (AvgIpc) is 1.61. The Morgan fingerprint density at radius 1 is 1.29 bits per heavy atom. The first-order chi connectivity index (χ1) is 2.91. The fourth-order valence-corrected chi connectivity index (χ4v) is 0.386. The molecule has 0 aliphatic carbocycles. The van der Waals surface area contributed by atoms with Crippen molar-refractivity contribution in [2.24, 2.45) is 0 Å². The van der Waals surface area contributed by atoms with Gasteiger partial charge in [-0.15, -0.1) is 18.2 Å². The van der Waals surface area contributed by atoms with Crippen molar-refractivity contribution in [3.8, 4) is 0 Å². The van der Waals surface area contributed by atoms with E-state index in [1.54, 1.807) is 0 Å². The first kappa shape index (κ1) is 11.1. The molecule has 1 nitrogen and oxygen atoms in total. The largest absolute Gasteiger partial charge is 1.00 e. The van der Waals surface area contributed by atoms with Crippen molar-refractivity contribution >= 4 is 11.6 Å². The van der Waals surface area contributed by atoms with Crippen molar-refractivity contribution in [1.82, 2.24) is 0 Å². The molecule has 0 aromatic rings. The second-order valence-electron chi connectivity index (χ2n) is 1.10. The quantitative estimate of drug-likeness (QED) is 0.233. The molecule has 0 aliphatic rings. The molecule has 0 N–H and O–H groups in total. The molecule has 3 heteroatoms. The normalized spacial score (nSPS) is 7.71. The van der Waals surface area contributed by atoms with Gasteiger partial charge in [-0.2, -0.15) is 0 Å². The second kappa shape index (κ2) is 10.3. The van der Waals surface area contributed by atoms with E-state index in [0.29, 0.717) is 5.88 Å². The van der Waals surface area contributed by atoms with Crippen LogP contribution in [0, 0.1) is 0 Å². The predicted molar refractivity (Wildman–Crippen MR) is 24.8 cm³/mol. The third kappa shape index (κ3) is 11.1. The zero-order valence-corrected chi connectivity index (χ0v) is 7.37. The van der Waals surface area contributed by atoms with E-state index in [-0.39, 0.29) is 36.2 Å². The van der Waals surface area contributed by atoms with E-state index in [1.165, 1.54) is 0 Å². The van der Waals surface area contributed by atoms with Crippen LogP contribution in [0.1, 0.15) is 12.8 Å². The molecule has 0 aromatic carbocycles. The summed E-state index contributed by atoms with van der Waals surface area (Å²) in [6.45, 7) is 0.0206. The SMILES string of the molecule is [Na+].[O-]CCCCCl. The Kier molecular flexibility index (Phi) is 16.3. The summed E-state index contributed by atoms with van der Waals surface area (Å²) < 4.78 is 0. The van der Waals surface area contributed by atoms with Gasteiger partial charge in [-0.1, -0.05) is 6.42 Å². The minimum Gasteiger partial charge on any atom is -0.854 e. The molecule has 38 valence electrons. The van der Waals surface area contributed by atoms with Crippen LogP contribution in [0.15, 0.2) is 0 Å². The first-order valence-electron chi connectivity index (χ1n) is 2.06. The molecule has 0 fully saturated rings. The van der Waals surface area contributed by atoms with Crippen LogP contribution in [0.5, 0.6) is 0 Å². The smallest absolute Gasteiger partial charge is 0.854 e. The number of halogens is 1. The predicted octanol–water partition coefficient (Wildman–Crippen LogP) is -2.63. The molecular formula is C4H8ClNaO. The Bertz CT molecular complexity index is 23.7. The summed E-state index contributed by atoms with van der Waals surface area (Å²) in [5.74, 6) is 0.627. The molecule has 7 heavy (non-hydrogen) atoms. The van der Waals surface area contributed by atoms with Crippen LogP contribution < -0.4 is 34.7 Å². The Morgan fingerprint density at radius 2 is 1.86 bits per heavy atom. The molecule has 0 unspecified atom stereocenters. The zero-order chi connectivity index (χ0) is 4.83. The van der Waals surface area contributed by atoms with Gasteiger partial charge >= 0.3 is 29.6 Å². The van der Waals surface area contributed by atoms with E-state index in [9.17, 15) is 5.11 Å². The van der Waals surface area contributed by atoms with Gasteiger partial charge in [0.1, 0.15) is 0 Å². The van der Waals surface area contributed by atoms with Crippen molar-refractivity contribution < 1.29 is 34.7 Å². The third-order valence-corrected chi connectivity index (χ3v) is 0.795. The minimum atomic E-state index is 0. The van der Waals surface area contributed by atoms with Crippen molar-refractivity contribution in [2.45, 2.75) is 12.8 Å².